The lowest BCUT2D eigenvalue weighted by atomic mass is 10.2. The highest BCUT2D eigenvalue weighted by molar-refractivity contribution is 5.94. The van der Waals surface area contributed by atoms with Crippen LogP contribution in [0.5, 0.6) is 0 Å². The van der Waals surface area contributed by atoms with Gasteiger partial charge < -0.3 is 10.1 Å². The monoisotopic (exact) mass is 261 g/mol. The molecule has 0 bridgehead atoms. The van der Waals surface area contributed by atoms with E-state index in [9.17, 15) is 4.79 Å². The third-order valence-electron chi connectivity index (χ3n) is 2.52. The zero-order valence-electron chi connectivity index (χ0n) is 10.8. The SMILES string of the molecule is COC[C@@H](C)NC(=O)c1cccc(-n2cnnn2)c1. The van der Waals surface area contributed by atoms with Crippen LogP contribution in [0.2, 0.25) is 0 Å². The Balaban J connectivity index is 2.12. The van der Waals surface area contributed by atoms with Crippen molar-refractivity contribution in [2.24, 2.45) is 0 Å². The van der Waals surface area contributed by atoms with E-state index < -0.39 is 0 Å². The Labute approximate surface area is 110 Å². The Bertz CT molecular complexity index is 541. The first-order valence-corrected chi connectivity index (χ1v) is 5.84. The van der Waals surface area contributed by atoms with E-state index in [1.807, 2.05) is 13.0 Å². The first-order chi connectivity index (χ1) is 9.20. The number of hydrogen-bond acceptors (Lipinski definition) is 5. The third-order valence-corrected chi connectivity index (χ3v) is 2.52. The molecule has 100 valence electrons. The van der Waals surface area contributed by atoms with Gasteiger partial charge in [0.25, 0.3) is 5.91 Å². The number of methoxy groups -OCH3 is 1. The Morgan fingerprint density at radius 1 is 1.53 bits per heavy atom. The molecule has 1 aromatic heterocycles. The predicted molar refractivity (Wildman–Crippen MR) is 68.0 cm³/mol. The van der Waals surface area contributed by atoms with E-state index in [1.54, 1.807) is 25.3 Å². The van der Waals surface area contributed by atoms with Crippen molar-refractivity contribution in [1.29, 1.82) is 0 Å². The minimum Gasteiger partial charge on any atom is -0.383 e. The second kappa shape index (κ2) is 6.05. The summed E-state index contributed by atoms with van der Waals surface area (Å²) in [6, 6.07) is 7.03. The summed E-state index contributed by atoms with van der Waals surface area (Å²) in [5.41, 5.74) is 1.29. The Hall–Kier alpha value is -2.28. The highest BCUT2D eigenvalue weighted by Crippen LogP contribution is 2.08. The first kappa shape index (κ1) is 13.2. The highest BCUT2D eigenvalue weighted by Gasteiger charge is 2.10. The predicted octanol–water partition coefficient (Wildman–Crippen LogP) is 0.427. The minimum absolute atomic E-state index is 0.0470. The van der Waals surface area contributed by atoms with Crippen LogP contribution in [0.4, 0.5) is 0 Å². The summed E-state index contributed by atoms with van der Waals surface area (Å²) < 4.78 is 6.47. The quantitative estimate of drug-likeness (QED) is 0.844. The van der Waals surface area contributed by atoms with Crippen LogP contribution in [-0.2, 0) is 4.74 Å². The maximum Gasteiger partial charge on any atom is 0.251 e. The van der Waals surface area contributed by atoms with Crippen LogP contribution >= 0.6 is 0 Å². The number of rotatable bonds is 5. The summed E-state index contributed by atoms with van der Waals surface area (Å²) in [5.74, 6) is -0.153. The van der Waals surface area contributed by atoms with Crippen molar-refractivity contribution < 1.29 is 9.53 Å². The molecule has 0 radical (unpaired) electrons. The van der Waals surface area contributed by atoms with Crippen LogP contribution in [0, 0.1) is 0 Å². The van der Waals surface area contributed by atoms with E-state index in [4.69, 9.17) is 4.74 Å². The molecule has 0 spiro atoms. The normalized spacial score (nSPS) is 12.1. The van der Waals surface area contributed by atoms with Crippen LogP contribution in [0.1, 0.15) is 17.3 Å². The molecule has 1 atom stereocenters. The summed E-state index contributed by atoms with van der Waals surface area (Å²) in [6.45, 7) is 2.35. The van der Waals surface area contributed by atoms with Crippen molar-refractivity contribution in [3.63, 3.8) is 0 Å². The van der Waals surface area contributed by atoms with Gasteiger partial charge in [-0.05, 0) is 35.5 Å². The molecule has 0 fully saturated rings. The molecule has 1 N–H and O–H groups in total. The van der Waals surface area contributed by atoms with Gasteiger partial charge in [0.05, 0.1) is 12.3 Å². The Morgan fingerprint density at radius 3 is 3.05 bits per heavy atom. The average Bonchev–Trinajstić information content (AvgIpc) is 2.93. The highest BCUT2D eigenvalue weighted by atomic mass is 16.5. The number of benzene rings is 1. The maximum absolute atomic E-state index is 12.0. The first-order valence-electron chi connectivity index (χ1n) is 5.84. The molecule has 19 heavy (non-hydrogen) atoms. The Morgan fingerprint density at radius 2 is 2.37 bits per heavy atom. The van der Waals surface area contributed by atoms with Gasteiger partial charge in [-0.25, -0.2) is 4.68 Å². The number of carbonyl (C=O) groups excluding carboxylic acids is 1. The second-order valence-corrected chi connectivity index (χ2v) is 4.13. The number of nitrogens with one attached hydrogen (secondary N) is 1. The summed E-state index contributed by atoms with van der Waals surface area (Å²) in [4.78, 5) is 12.0. The van der Waals surface area contributed by atoms with Gasteiger partial charge >= 0.3 is 0 Å². The third kappa shape index (κ3) is 3.35. The van der Waals surface area contributed by atoms with Crippen molar-refractivity contribution in [3.05, 3.63) is 36.2 Å². The van der Waals surface area contributed by atoms with Crippen molar-refractivity contribution >= 4 is 5.91 Å². The van der Waals surface area contributed by atoms with Gasteiger partial charge in [0.1, 0.15) is 6.33 Å². The van der Waals surface area contributed by atoms with Gasteiger partial charge in [-0.1, -0.05) is 6.07 Å². The summed E-state index contributed by atoms with van der Waals surface area (Å²) in [6.07, 6.45) is 1.48. The fraction of sp³-hybridized carbons (Fsp3) is 0.333. The molecule has 0 unspecified atom stereocenters. The number of aromatic nitrogens is 4. The van der Waals surface area contributed by atoms with Gasteiger partial charge in [-0.3, -0.25) is 4.79 Å². The number of amides is 1. The van der Waals surface area contributed by atoms with Gasteiger partial charge in [0, 0.05) is 18.7 Å². The van der Waals surface area contributed by atoms with Gasteiger partial charge in [-0.2, -0.15) is 0 Å². The number of nitrogens with zero attached hydrogens (tertiary/aromatic N) is 4. The smallest absolute Gasteiger partial charge is 0.251 e. The van der Waals surface area contributed by atoms with E-state index in [-0.39, 0.29) is 11.9 Å². The number of carbonyl (C=O) groups is 1. The molecule has 0 saturated heterocycles. The van der Waals surface area contributed by atoms with Gasteiger partial charge in [-0.15, -0.1) is 5.10 Å². The molecule has 1 aromatic carbocycles. The number of tetrazole rings is 1. The van der Waals surface area contributed by atoms with E-state index in [0.29, 0.717) is 12.2 Å². The van der Waals surface area contributed by atoms with Crippen molar-refractivity contribution in [2.45, 2.75) is 13.0 Å². The molecule has 0 aliphatic rings. The number of hydrogen-bond donors (Lipinski definition) is 1. The second-order valence-electron chi connectivity index (χ2n) is 4.13. The average molecular weight is 261 g/mol. The molecule has 7 nitrogen and oxygen atoms in total. The lowest BCUT2D eigenvalue weighted by Crippen LogP contribution is -2.35. The van der Waals surface area contributed by atoms with E-state index in [0.717, 1.165) is 5.69 Å². The minimum atomic E-state index is -0.153. The zero-order chi connectivity index (χ0) is 13.7. The van der Waals surface area contributed by atoms with Crippen LogP contribution in [0.25, 0.3) is 5.69 Å². The standard InChI is InChI=1S/C12H15N5O2/c1-9(7-19-2)14-12(18)10-4-3-5-11(6-10)17-8-13-15-16-17/h3-6,8-9H,7H2,1-2H3,(H,14,18)/t9-/m1/s1. The zero-order valence-corrected chi connectivity index (χ0v) is 10.8. The fourth-order valence-electron chi connectivity index (χ4n) is 1.67. The van der Waals surface area contributed by atoms with Gasteiger partial charge in [0.2, 0.25) is 0 Å². The maximum atomic E-state index is 12.0. The Kier molecular flexibility index (Phi) is 4.19. The molecular weight excluding hydrogens is 246 g/mol. The molecule has 0 aliphatic heterocycles. The van der Waals surface area contributed by atoms with E-state index in [1.165, 1.54) is 11.0 Å². The lowest BCUT2D eigenvalue weighted by molar-refractivity contribution is 0.0905. The van der Waals surface area contributed by atoms with Crippen molar-refractivity contribution in [3.8, 4) is 5.69 Å². The van der Waals surface area contributed by atoms with E-state index >= 15 is 0 Å². The molecule has 1 heterocycles. The lowest BCUT2D eigenvalue weighted by Gasteiger charge is -2.13. The van der Waals surface area contributed by atoms with Crippen LogP contribution < -0.4 is 5.32 Å². The number of ether oxygens (including phenoxy) is 1. The molecule has 2 rings (SSSR count). The van der Waals surface area contributed by atoms with Crippen LogP contribution in [0.3, 0.4) is 0 Å². The fourth-order valence-corrected chi connectivity index (χ4v) is 1.67. The molecule has 2 aromatic rings. The molecule has 0 saturated carbocycles. The molecule has 7 heteroatoms. The van der Waals surface area contributed by atoms with Crippen LogP contribution in [-0.4, -0.2) is 45.9 Å². The summed E-state index contributed by atoms with van der Waals surface area (Å²) >= 11 is 0. The van der Waals surface area contributed by atoms with Crippen molar-refractivity contribution in [2.75, 3.05) is 13.7 Å². The molecule has 1 amide bonds. The van der Waals surface area contributed by atoms with E-state index in [2.05, 4.69) is 20.8 Å². The topological polar surface area (TPSA) is 81.9 Å². The van der Waals surface area contributed by atoms with Crippen molar-refractivity contribution in [1.82, 2.24) is 25.5 Å². The summed E-state index contributed by atoms with van der Waals surface area (Å²) in [7, 11) is 1.60. The summed E-state index contributed by atoms with van der Waals surface area (Å²) in [5, 5.41) is 13.7. The largest absolute Gasteiger partial charge is 0.383 e. The molecular formula is C12H15N5O2. The van der Waals surface area contributed by atoms with Gasteiger partial charge in [0.15, 0.2) is 0 Å². The van der Waals surface area contributed by atoms with Crippen LogP contribution in [0.15, 0.2) is 30.6 Å². The molecule has 0 aliphatic carbocycles.